The van der Waals surface area contributed by atoms with Gasteiger partial charge >= 0.3 is 6.03 Å². The van der Waals surface area contributed by atoms with Crippen LogP contribution in [-0.2, 0) is 13.0 Å². The molecule has 8 nitrogen and oxygen atoms in total. The van der Waals surface area contributed by atoms with Crippen LogP contribution in [0.25, 0.3) is 0 Å². The normalized spacial score (nSPS) is 10.4. The largest absolute Gasteiger partial charge is 0.495 e. The minimum Gasteiger partial charge on any atom is -0.495 e. The fourth-order valence-electron chi connectivity index (χ4n) is 2.45. The lowest BCUT2D eigenvalue weighted by atomic mass is 10.3. The maximum atomic E-state index is 12.9. The molecule has 0 spiro atoms. The Kier molecular flexibility index (Phi) is 6.62. The van der Waals surface area contributed by atoms with Gasteiger partial charge in [-0.15, -0.1) is 0 Å². The van der Waals surface area contributed by atoms with E-state index < -0.39 is 0 Å². The van der Waals surface area contributed by atoms with Gasteiger partial charge in [-0.05, 0) is 36.4 Å². The van der Waals surface area contributed by atoms with Gasteiger partial charge in [0, 0.05) is 20.0 Å². The number of nitrogens with zero attached hydrogens (tertiary/aromatic N) is 3. The number of hydrogen-bond donors (Lipinski definition) is 1. The highest BCUT2D eigenvalue weighted by molar-refractivity contribution is 5.90. The minimum atomic E-state index is -0.337. The summed E-state index contributed by atoms with van der Waals surface area (Å²) in [4.78, 5) is 18.1. The molecular weight excluding hydrogens is 379 g/mol. The van der Waals surface area contributed by atoms with E-state index >= 15 is 0 Å². The van der Waals surface area contributed by atoms with Crippen LogP contribution < -0.4 is 14.8 Å². The number of likely N-dealkylation sites (N-methyl/N-ethyl adjacent to an activating group) is 1. The lowest BCUT2D eigenvalue weighted by Gasteiger charge is -2.18. The Morgan fingerprint density at radius 1 is 1.21 bits per heavy atom. The van der Waals surface area contributed by atoms with Gasteiger partial charge in [0.2, 0.25) is 0 Å². The monoisotopic (exact) mass is 400 g/mol. The number of hydrogen-bond acceptors (Lipinski definition) is 6. The number of carbonyl (C=O) groups is 1. The summed E-state index contributed by atoms with van der Waals surface area (Å²) in [6, 6.07) is 12.5. The number of carbonyl (C=O) groups excluding carboxylic acids is 1. The second-order valence-corrected chi connectivity index (χ2v) is 6.15. The van der Waals surface area contributed by atoms with Gasteiger partial charge in [0.15, 0.2) is 12.4 Å². The molecule has 1 N–H and O–H groups in total. The van der Waals surface area contributed by atoms with Crippen LogP contribution in [-0.4, -0.2) is 41.8 Å². The average Bonchev–Trinajstić information content (AvgIpc) is 3.20. The van der Waals surface area contributed by atoms with Gasteiger partial charge in [-0.1, -0.05) is 17.3 Å². The van der Waals surface area contributed by atoms with Crippen molar-refractivity contribution in [2.24, 2.45) is 0 Å². The molecule has 3 rings (SSSR count). The summed E-state index contributed by atoms with van der Waals surface area (Å²) in [7, 11) is 3.21. The number of rotatable bonds is 8. The Hall–Kier alpha value is -3.62. The van der Waals surface area contributed by atoms with Gasteiger partial charge in [-0.25, -0.2) is 9.18 Å². The number of nitrogens with one attached hydrogen (secondary N) is 1. The highest BCUT2D eigenvalue weighted by Crippen LogP contribution is 2.23. The lowest BCUT2D eigenvalue weighted by molar-refractivity contribution is 0.222. The van der Waals surface area contributed by atoms with Crippen molar-refractivity contribution in [2.45, 2.75) is 13.0 Å². The zero-order chi connectivity index (χ0) is 20.6. The van der Waals surface area contributed by atoms with Crippen LogP contribution >= 0.6 is 0 Å². The number of urea groups is 1. The van der Waals surface area contributed by atoms with Crippen LogP contribution in [0.1, 0.15) is 11.7 Å². The smallest absolute Gasteiger partial charge is 0.321 e. The van der Waals surface area contributed by atoms with Crippen molar-refractivity contribution in [3.63, 3.8) is 0 Å². The van der Waals surface area contributed by atoms with Crippen molar-refractivity contribution in [3.05, 3.63) is 66.1 Å². The van der Waals surface area contributed by atoms with E-state index in [1.54, 1.807) is 26.3 Å². The maximum absolute atomic E-state index is 12.9. The second kappa shape index (κ2) is 9.54. The topological polar surface area (TPSA) is 89.7 Å². The number of benzene rings is 2. The molecule has 0 aliphatic carbocycles. The van der Waals surface area contributed by atoms with Crippen molar-refractivity contribution < 1.29 is 23.2 Å². The fourth-order valence-corrected chi connectivity index (χ4v) is 2.45. The predicted octanol–water partition coefficient (Wildman–Crippen LogP) is 3.50. The zero-order valence-corrected chi connectivity index (χ0v) is 16.1. The molecule has 152 valence electrons. The first-order valence-electron chi connectivity index (χ1n) is 8.90. The van der Waals surface area contributed by atoms with E-state index in [4.69, 9.17) is 14.0 Å². The summed E-state index contributed by atoms with van der Waals surface area (Å²) >= 11 is 0. The molecule has 1 heterocycles. The van der Waals surface area contributed by atoms with Gasteiger partial charge in [-0.3, -0.25) is 0 Å². The first-order valence-corrected chi connectivity index (χ1v) is 8.90. The van der Waals surface area contributed by atoms with Crippen molar-refractivity contribution in [1.29, 1.82) is 0 Å². The van der Waals surface area contributed by atoms with Crippen LogP contribution in [0.5, 0.6) is 11.5 Å². The van der Waals surface area contributed by atoms with Crippen LogP contribution in [0.2, 0.25) is 0 Å². The van der Waals surface area contributed by atoms with Crippen LogP contribution in [0.15, 0.2) is 53.1 Å². The molecule has 0 saturated heterocycles. The molecule has 0 radical (unpaired) electrons. The predicted molar refractivity (Wildman–Crippen MR) is 103 cm³/mol. The molecule has 0 fully saturated rings. The number of ether oxygens (including phenoxy) is 2. The van der Waals surface area contributed by atoms with E-state index in [-0.39, 0.29) is 18.5 Å². The lowest BCUT2D eigenvalue weighted by Crippen LogP contribution is -2.33. The highest BCUT2D eigenvalue weighted by Gasteiger charge is 2.13. The van der Waals surface area contributed by atoms with E-state index in [1.807, 2.05) is 12.1 Å². The van der Waals surface area contributed by atoms with E-state index in [2.05, 4.69) is 15.5 Å². The second-order valence-electron chi connectivity index (χ2n) is 6.15. The van der Waals surface area contributed by atoms with Crippen molar-refractivity contribution in [3.8, 4) is 11.5 Å². The minimum absolute atomic E-state index is 0.0722. The standard InChI is InChI=1S/C20H21FN4O4/c1-25(20(26)22-16-5-3-4-6-17(16)27-2)12-11-18-23-19(29-24-18)13-28-15-9-7-14(21)8-10-15/h3-10H,11-13H2,1-2H3,(H,22,26). The van der Waals surface area contributed by atoms with Crippen molar-refractivity contribution in [1.82, 2.24) is 15.0 Å². The van der Waals surface area contributed by atoms with Crippen molar-refractivity contribution >= 4 is 11.7 Å². The Bertz CT molecular complexity index is 946. The number of methoxy groups -OCH3 is 1. The Labute approximate surface area is 167 Å². The molecule has 2 amide bonds. The first-order chi connectivity index (χ1) is 14.0. The number of para-hydroxylation sites is 2. The zero-order valence-electron chi connectivity index (χ0n) is 16.1. The van der Waals surface area contributed by atoms with Crippen LogP contribution in [0, 0.1) is 5.82 Å². The average molecular weight is 400 g/mol. The summed E-state index contributed by atoms with van der Waals surface area (Å²) < 4.78 is 28.7. The Morgan fingerprint density at radius 2 is 1.97 bits per heavy atom. The van der Waals surface area contributed by atoms with Crippen LogP contribution in [0.4, 0.5) is 14.9 Å². The van der Waals surface area contributed by atoms with E-state index in [1.165, 1.54) is 29.2 Å². The Morgan fingerprint density at radius 3 is 2.72 bits per heavy atom. The number of aromatic nitrogens is 2. The van der Waals surface area contributed by atoms with E-state index in [0.29, 0.717) is 41.9 Å². The summed E-state index contributed by atoms with van der Waals surface area (Å²) in [5.41, 5.74) is 0.589. The molecule has 0 bridgehead atoms. The van der Waals surface area contributed by atoms with E-state index in [0.717, 1.165) is 0 Å². The third-order valence-electron chi connectivity index (χ3n) is 4.05. The van der Waals surface area contributed by atoms with Crippen molar-refractivity contribution in [2.75, 3.05) is 26.0 Å². The molecule has 0 saturated carbocycles. The molecule has 0 atom stereocenters. The van der Waals surface area contributed by atoms with E-state index in [9.17, 15) is 9.18 Å². The van der Waals surface area contributed by atoms with Gasteiger partial charge in [0.05, 0.1) is 12.8 Å². The SMILES string of the molecule is COc1ccccc1NC(=O)N(C)CCc1noc(COc2ccc(F)cc2)n1. The third kappa shape index (κ3) is 5.68. The van der Waals surface area contributed by atoms with Gasteiger partial charge in [0.1, 0.15) is 17.3 Å². The molecular formula is C20H21FN4O4. The molecule has 3 aromatic rings. The number of anilines is 1. The number of amides is 2. The maximum Gasteiger partial charge on any atom is 0.321 e. The highest BCUT2D eigenvalue weighted by atomic mass is 19.1. The van der Waals surface area contributed by atoms with Crippen LogP contribution in [0.3, 0.4) is 0 Å². The molecule has 0 unspecified atom stereocenters. The summed E-state index contributed by atoms with van der Waals surface area (Å²) in [5.74, 6) is 1.50. The van der Waals surface area contributed by atoms with Gasteiger partial charge in [-0.2, -0.15) is 4.98 Å². The number of halogens is 1. The molecule has 0 aliphatic rings. The molecule has 1 aromatic heterocycles. The molecule has 29 heavy (non-hydrogen) atoms. The third-order valence-corrected chi connectivity index (χ3v) is 4.05. The van der Waals surface area contributed by atoms with Gasteiger partial charge < -0.3 is 24.2 Å². The van der Waals surface area contributed by atoms with Gasteiger partial charge in [0.25, 0.3) is 5.89 Å². The molecule has 0 aliphatic heterocycles. The fraction of sp³-hybridized carbons (Fsp3) is 0.250. The Balaban J connectivity index is 1.47. The quantitative estimate of drug-likeness (QED) is 0.622. The summed E-state index contributed by atoms with van der Waals surface area (Å²) in [6.07, 6.45) is 0.413. The first kappa shape index (κ1) is 20.1. The summed E-state index contributed by atoms with van der Waals surface area (Å²) in [5, 5.41) is 6.68. The molecule has 9 heteroatoms. The molecule has 2 aromatic carbocycles. The summed E-state index contributed by atoms with van der Waals surface area (Å²) in [6.45, 7) is 0.460.